The lowest BCUT2D eigenvalue weighted by molar-refractivity contribution is 0.250. The zero-order chi connectivity index (χ0) is 13.5. The lowest BCUT2D eigenvalue weighted by Crippen LogP contribution is -2.22. The van der Waals surface area contributed by atoms with Crippen LogP contribution in [0.4, 0.5) is 0 Å². The first-order valence-corrected chi connectivity index (χ1v) is 7.65. The maximum atomic E-state index is 9.06. The van der Waals surface area contributed by atoms with Gasteiger partial charge in [-0.15, -0.1) is 11.8 Å². The number of thioether (sulfide) groups is 1. The van der Waals surface area contributed by atoms with Gasteiger partial charge in [0.05, 0.1) is 0 Å². The monoisotopic (exact) mass is 287 g/mol. The van der Waals surface area contributed by atoms with Crippen molar-refractivity contribution in [2.45, 2.75) is 38.3 Å². The Kier molecular flexibility index (Phi) is 7.08. The van der Waals surface area contributed by atoms with Crippen LogP contribution in [0, 0.1) is 5.92 Å². The van der Waals surface area contributed by atoms with E-state index in [9.17, 15) is 0 Å². The van der Waals surface area contributed by atoms with Crippen molar-refractivity contribution >= 4 is 23.4 Å². The first kappa shape index (κ1) is 15.8. The summed E-state index contributed by atoms with van der Waals surface area (Å²) in [5, 5.41) is 13.3. The Hall–Kier alpha value is -0.220. The Morgan fingerprint density at radius 1 is 1.33 bits per heavy atom. The summed E-state index contributed by atoms with van der Waals surface area (Å²) in [4.78, 5) is 1.20. The zero-order valence-corrected chi connectivity index (χ0v) is 12.8. The molecule has 1 aromatic carbocycles. The fourth-order valence-corrected chi connectivity index (χ4v) is 2.83. The molecule has 0 aliphatic heterocycles. The predicted octanol–water partition coefficient (Wildman–Crippen LogP) is 3.56. The molecule has 0 bridgehead atoms. The number of aliphatic hydroxyl groups is 1. The molecule has 0 saturated carbocycles. The highest BCUT2D eigenvalue weighted by Gasteiger charge is 2.09. The number of hydrogen-bond donors (Lipinski definition) is 2. The van der Waals surface area contributed by atoms with E-state index >= 15 is 0 Å². The molecule has 0 amide bonds. The van der Waals surface area contributed by atoms with Gasteiger partial charge in [-0.25, -0.2) is 0 Å². The van der Waals surface area contributed by atoms with Crippen molar-refractivity contribution in [2.24, 2.45) is 5.92 Å². The highest BCUT2D eigenvalue weighted by molar-refractivity contribution is 7.99. The van der Waals surface area contributed by atoms with E-state index in [1.54, 1.807) is 11.8 Å². The SMILES string of the molecule is CC(CO)CSc1cccc(Cl)c1CNC(C)C. The summed E-state index contributed by atoms with van der Waals surface area (Å²) in [5.74, 6) is 1.21. The molecule has 18 heavy (non-hydrogen) atoms. The van der Waals surface area contributed by atoms with Crippen molar-refractivity contribution in [2.75, 3.05) is 12.4 Å². The molecule has 0 spiro atoms. The van der Waals surface area contributed by atoms with Crippen molar-refractivity contribution in [3.8, 4) is 0 Å². The van der Waals surface area contributed by atoms with Gasteiger partial charge in [-0.2, -0.15) is 0 Å². The molecule has 4 heteroatoms. The highest BCUT2D eigenvalue weighted by Crippen LogP contribution is 2.29. The largest absolute Gasteiger partial charge is 0.396 e. The summed E-state index contributed by atoms with van der Waals surface area (Å²) in [6, 6.07) is 6.44. The normalized spacial score (nSPS) is 13.0. The third kappa shape index (κ3) is 5.19. The fraction of sp³-hybridized carbons (Fsp3) is 0.571. The summed E-state index contributed by atoms with van der Waals surface area (Å²) in [6.07, 6.45) is 0. The molecule has 0 aromatic heterocycles. The van der Waals surface area contributed by atoms with E-state index in [4.69, 9.17) is 16.7 Å². The maximum absolute atomic E-state index is 9.06. The van der Waals surface area contributed by atoms with Crippen molar-refractivity contribution in [1.29, 1.82) is 0 Å². The Morgan fingerprint density at radius 2 is 2.06 bits per heavy atom. The van der Waals surface area contributed by atoms with Gasteiger partial charge < -0.3 is 10.4 Å². The molecule has 0 aliphatic rings. The lowest BCUT2D eigenvalue weighted by atomic mass is 10.2. The number of rotatable bonds is 7. The highest BCUT2D eigenvalue weighted by atomic mass is 35.5. The second-order valence-electron chi connectivity index (χ2n) is 4.85. The summed E-state index contributed by atoms with van der Waals surface area (Å²) >= 11 is 8.02. The van der Waals surface area contributed by atoms with Crippen LogP contribution < -0.4 is 5.32 Å². The Bertz CT molecular complexity index is 371. The minimum Gasteiger partial charge on any atom is -0.396 e. The van der Waals surface area contributed by atoms with Gasteiger partial charge in [0.15, 0.2) is 0 Å². The third-order valence-electron chi connectivity index (χ3n) is 2.60. The van der Waals surface area contributed by atoms with Gasteiger partial charge in [-0.05, 0) is 23.6 Å². The fourth-order valence-electron chi connectivity index (χ4n) is 1.44. The average molecular weight is 288 g/mol. The van der Waals surface area contributed by atoms with Crippen LogP contribution in [0.5, 0.6) is 0 Å². The van der Waals surface area contributed by atoms with Crippen LogP contribution in [0.3, 0.4) is 0 Å². The molecule has 1 unspecified atom stereocenters. The van der Waals surface area contributed by atoms with E-state index in [0.29, 0.717) is 12.0 Å². The van der Waals surface area contributed by atoms with Crippen LogP contribution in [0.15, 0.2) is 23.1 Å². The Balaban J connectivity index is 2.73. The van der Waals surface area contributed by atoms with Gasteiger partial charge in [-0.1, -0.05) is 38.4 Å². The van der Waals surface area contributed by atoms with Crippen LogP contribution in [0.2, 0.25) is 5.02 Å². The van der Waals surface area contributed by atoms with Crippen molar-refractivity contribution in [1.82, 2.24) is 5.32 Å². The molecular formula is C14H22ClNOS. The molecule has 0 heterocycles. The number of nitrogens with one attached hydrogen (secondary N) is 1. The molecule has 1 rings (SSSR count). The Morgan fingerprint density at radius 3 is 2.67 bits per heavy atom. The van der Waals surface area contributed by atoms with Crippen molar-refractivity contribution in [3.05, 3.63) is 28.8 Å². The average Bonchev–Trinajstić information content (AvgIpc) is 2.34. The zero-order valence-electron chi connectivity index (χ0n) is 11.2. The molecule has 0 fully saturated rings. The summed E-state index contributed by atoms with van der Waals surface area (Å²) in [5.41, 5.74) is 1.16. The van der Waals surface area contributed by atoms with Gasteiger partial charge in [0.25, 0.3) is 0 Å². The van der Waals surface area contributed by atoms with Gasteiger partial charge >= 0.3 is 0 Å². The number of halogens is 1. The van der Waals surface area contributed by atoms with Crippen LogP contribution in [0.1, 0.15) is 26.3 Å². The van der Waals surface area contributed by atoms with E-state index in [-0.39, 0.29) is 6.61 Å². The standard InChI is InChI=1S/C14H22ClNOS/c1-10(2)16-7-12-13(15)5-4-6-14(12)18-9-11(3)8-17/h4-6,10-11,16-17H,7-9H2,1-3H3. The number of hydrogen-bond acceptors (Lipinski definition) is 3. The first-order chi connectivity index (χ1) is 8.54. The van der Waals surface area contributed by atoms with E-state index in [1.807, 2.05) is 19.1 Å². The molecule has 2 N–H and O–H groups in total. The molecular weight excluding hydrogens is 266 g/mol. The predicted molar refractivity (Wildman–Crippen MR) is 80.4 cm³/mol. The van der Waals surface area contributed by atoms with Crippen LogP contribution in [0.25, 0.3) is 0 Å². The summed E-state index contributed by atoms with van der Waals surface area (Å²) in [7, 11) is 0. The van der Waals surface area contributed by atoms with Crippen LogP contribution in [-0.4, -0.2) is 23.5 Å². The molecule has 0 aliphatic carbocycles. The molecule has 0 saturated heterocycles. The summed E-state index contributed by atoms with van der Waals surface area (Å²) in [6.45, 7) is 7.30. The third-order valence-corrected chi connectivity index (χ3v) is 4.38. The second-order valence-corrected chi connectivity index (χ2v) is 6.32. The minimum absolute atomic E-state index is 0.229. The molecule has 1 aromatic rings. The second kappa shape index (κ2) is 8.05. The van der Waals surface area contributed by atoms with Crippen molar-refractivity contribution < 1.29 is 5.11 Å². The molecule has 1 atom stereocenters. The topological polar surface area (TPSA) is 32.3 Å². The van der Waals surface area contributed by atoms with Crippen molar-refractivity contribution in [3.63, 3.8) is 0 Å². The van der Waals surface area contributed by atoms with Gasteiger partial charge in [0, 0.05) is 34.9 Å². The van der Waals surface area contributed by atoms with Gasteiger partial charge in [-0.3, -0.25) is 0 Å². The summed E-state index contributed by atoms with van der Waals surface area (Å²) < 4.78 is 0. The number of benzene rings is 1. The van der Waals surface area contributed by atoms with Crippen LogP contribution in [-0.2, 0) is 6.54 Å². The van der Waals surface area contributed by atoms with E-state index in [2.05, 4.69) is 25.2 Å². The quantitative estimate of drug-likeness (QED) is 0.752. The van der Waals surface area contributed by atoms with Crippen LogP contribution >= 0.6 is 23.4 Å². The van der Waals surface area contributed by atoms with E-state index in [0.717, 1.165) is 22.9 Å². The minimum atomic E-state index is 0.229. The van der Waals surface area contributed by atoms with E-state index in [1.165, 1.54) is 4.90 Å². The Labute approximate surface area is 119 Å². The molecule has 102 valence electrons. The van der Waals surface area contributed by atoms with Gasteiger partial charge in [0.2, 0.25) is 0 Å². The van der Waals surface area contributed by atoms with Gasteiger partial charge in [0.1, 0.15) is 0 Å². The smallest absolute Gasteiger partial charge is 0.0464 e. The lowest BCUT2D eigenvalue weighted by Gasteiger charge is -2.15. The number of aliphatic hydroxyl groups excluding tert-OH is 1. The van der Waals surface area contributed by atoms with E-state index < -0.39 is 0 Å². The maximum Gasteiger partial charge on any atom is 0.0464 e. The molecule has 2 nitrogen and oxygen atoms in total. The molecule has 0 radical (unpaired) electrons. The first-order valence-electron chi connectivity index (χ1n) is 6.29.